The molecule has 3 heteroatoms. The van der Waals surface area contributed by atoms with Crippen molar-refractivity contribution in [2.45, 2.75) is 51.1 Å². The third-order valence-corrected chi connectivity index (χ3v) is 3.06. The number of hydrogen-bond donors (Lipinski definition) is 1. The molecule has 13 heavy (non-hydrogen) atoms. The molecule has 0 bridgehead atoms. The molecular formula is C10H19NO2. The van der Waals surface area contributed by atoms with Crippen molar-refractivity contribution in [1.82, 2.24) is 5.32 Å². The van der Waals surface area contributed by atoms with E-state index >= 15 is 0 Å². The van der Waals surface area contributed by atoms with E-state index in [1.165, 1.54) is 26.4 Å². The van der Waals surface area contributed by atoms with Gasteiger partial charge in [0.15, 0.2) is 0 Å². The third-order valence-electron chi connectivity index (χ3n) is 3.06. The van der Waals surface area contributed by atoms with Gasteiger partial charge in [0.2, 0.25) is 0 Å². The molecule has 0 aromatic heterocycles. The lowest BCUT2D eigenvalue weighted by Gasteiger charge is -2.43. The minimum absolute atomic E-state index is 0.167. The van der Waals surface area contributed by atoms with E-state index in [1.807, 2.05) is 6.92 Å². The molecule has 1 unspecified atom stereocenters. The average Bonchev–Trinajstić information content (AvgIpc) is 2.09. The fourth-order valence-corrected chi connectivity index (χ4v) is 1.90. The summed E-state index contributed by atoms with van der Waals surface area (Å²) >= 11 is 0. The number of carbonyl (C=O) groups is 1. The van der Waals surface area contributed by atoms with Crippen molar-refractivity contribution in [2.24, 2.45) is 0 Å². The fraction of sp³-hybridized carbons (Fsp3) is 0.900. The van der Waals surface area contributed by atoms with E-state index in [4.69, 9.17) is 0 Å². The predicted octanol–water partition coefficient (Wildman–Crippen LogP) is 1.47. The summed E-state index contributed by atoms with van der Waals surface area (Å²) in [5, 5.41) is 3.36. The van der Waals surface area contributed by atoms with E-state index in [0.29, 0.717) is 0 Å². The second-order valence-corrected chi connectivity index (χ2v) is 3.88. The summed E-state index contributed by atoms with van der Waals surface area (Å²) in [7, 11) is 1.43. The van der Waals surface area contributed by atoms with Crippen LogP contribution in [-0.2, 0) is 9.53 Å². The van der Waals surface area contributed by atoms with Crippen LogP contribution in [0.2, 0.25) is 0 Å². The smallest absolute Gasteiger partial charge is 0.322 e. The first kappa shape index (κ1) is 10.5. The Kier molecular flexibility index (Phi) is 3.31. The third kappa shape index (κ3) is 2.21. The van der Waals surface area contributed by atoms with Crippen LogP contribution in [0.25, 0.3) is 0 Å². The maximum Gasteiger partial charge on any atom is 0.322 e. The van der Waals surface area contributed by atoms with Gasteiger partial charge in [0.05, 0.1) is 7.11 Å². The van der Waals surface area contributed by atoms with E-state index in [0.717, 1.165) is 6.42 Å². The standard InChI is InChI=1S/C10H19NO2/c1-4-10(6-5-7-10)11-8(2)9(12)13-3/h8,11H,4-7H2,1-3H3. The molecule has 1 rings (SSSR count). The van der Waals surface area contributed by atoms with Crippen molar-refractivity contribution in [1.29, 1.82) is 0 Å². The zero-order valence-electron chi connectivity index (χ0n) is 8.72. The number of hydrogen-bond acceptors (Lipinski definition) is 3. The summed E-state index contributed by atoms with van der Waals surface area (Å²) in [6.07, 6.45) is 4.73. The average molecular weight is 185 g/mol. The topological polar surface area (TPSA) is 38.3 Å². The van der Waals surface area contributed by atoms with Crippen LogP contribution in [0.3, 0.4) is 0 Å². The van der Waals surface area contributed by atoms with Crippen LogP contribution < -0.4 is 5.32 Å². The van der Waals surface area contributed by atoms with Gasteiger partial charge in [0.25, 0.3) is 0 Å². The maximum absolute atomic E-state index is 11.2. The van der Waals surface area contributed by atoms with Crippen molar-refractivity contribution in [2.75, 3.05) is 7.11 Å². The summed E-state index contributed by atoms with van der Waals surface area (Å²) in [6.45, 7) is 4.03. The Bertz CT molecular complexity index is 182. The lowest BCUT2D eigenvalue weighted by Crippen LogP contribution is -2.56. The van der Waals surface area contributed by atoms with E-state index in [1.54, 1.807) is 0 Å². The molecule has 1 saturated carbocycles. The van der Waals surface area contributed by atoms with Crippen molar-refractivity contribution in [3.8, 4) is 0 Å². The van der Waals surface area contributed by atoms with Gasteiger partial charge < -0.3 is 4.74 Å². The van der Waals surface area contributed by atoms with Crippen molar-refractivity contribution >= 4 is 5.97 Å². The summed E-state index contributed by atoms with van der Waals surface area (Å²) in [6, 6.07) is -0.176. The highest BCUT2D eigenvalue weighted by molar-refractivity contribution is 5.75. The highest BCUT2D eigenvalue weighted by Crippen LogP contribution is 2.34. The van der Waals surface area contributed by atoms with Crippen molar-refractivity contribution < 1.29 is 9.53 Å². The maximum atomic E-state index is 11.2. The van der Waals surface area contributed by atoms with Gasteiger partial charge in [-0.25, -0.2) is 0 Å². The Hall–Kier alpha value is -0.570. The van der Waals surface area contributed by atoms with Crippen LogP contribution in [0.5, 0.6) is 0 Å². The zero-order chi connectivity index (χ0) is 9.90. The largest absolute Gasteiger partial charge is 0.468 e. The molecular weight excluding hydrogens is 166 g/mol. The van der Waals surface area contributed by atoms with Crippen LogP contribution in [0, 0.1) is 0 Å². The summed E-state index contributed by atoms with van der Waals surface area (Å²) < 4.78 is 4.67. The number of nitrogens with one attached hydrogen (secondary N) is 1. The van der Waals surface area contributed by atoms with E-state index in [9.17, 15) is 4.79 Å². The Morgan fingerprint density at radius 1 is 1.62 bits per heavy atom. The van der Waals surface area contributed by atoms with Crippen LogP contribution in [0.1, 0.15) is 39.5 Å². The highest BCUT2D eigenvalue weighted by atomic mass is 16.5. The minimum Gasteiger partial charge on any atom is -0.468 e. The van der Waals surface area contributed by atoms with Gasteiger partial charge in [-0.3, -0.25) is 10.1 Å². The Morgan fingerprint density at radius 2 is 2.23 bits per heavy atom. The molecule has 0 heterocycles. The molecule has 0 aromatic carbocycles. The summed E-state index contributed by atoms with van der Waals surface area (Å²) in [5.74, 6) is -0.167. The molecule has 1 N–H and O–H groups in total. The second kappa shape index (κ2) is 4.09. The Morgan fingerprint density at radius 3 is 2.54 bits per heavy atom. The molecule has 1 aliphatic carbocycles. The number of methoxy groups -OCH3 is 1. The van der Waals surface area contributed by atoms with Crippen LogP contribution in [0.15, 0.2) is 0 Å². The molecule has 1 aliphatic rings. The SMILES string of the molecule is CCC1(NC(C)C(=O)OC)CCC1. The molecule has 1 fully saturated rings. The normalized spacial score (nSPS) is 21.8. The van der Waals surface area contributed by atoms with Crippen molar-refractivity contribution in [3.63, 3.8) is 0 Å². The number of esters is 1. The molecule has 0 aliphatic heterocycles. The first-order chi connectivity index (χ1) is 6.13. The molecule has 0 amide bonds. The quantitative estimate of drug-likeness (QED) is 0.674. The fourth-order valence-electron chi connectivity index (χ4n) is 1.90. The summed E-state index contributed by atoms with van der Waals surface area (Å²) in [5.41, 5.74) is 0.216. The number of rotatable bonds is 4. The monoisotopic (exact) mass is 185 g/mol. The minimum atomic E-state index is -0.176. The van der Waals surface area contributed by atoms with Crippen LogP contribution >= 0.6 is 0 Å². The van der Waals surface area contributed by atoms with Gasteiger partial charge in [0, 0.05) is 5.54 Å². The predicted molar refractivity (Wildman–Crippen MR) is 51.5 cm³/mol. The lowest BCUT2D eigenvalue weighted by atomic mass is 9.74. The molecule has 0 spiro atoms. The van der Waals surface area contributed by atoms with Crippen LogP contribution in [0.4, 0.5) is 0 Å². The van der Waals surface area contributed by atoms with Gasteiger partial charge in [0.1, 0.15) is 6.04 Å². The first-order valence-corrected chi connectivity index (χ1v) is 4.99. The van der Waals surface area contributed by atoms with E-state index < -0.39 is 0 Å². The Balaban J connectivity index is 2.42. The molecule has 0 saturated heterocycles. The number of ether oxygens (including phenoxy) is 1. The number of carbonyl (C=O) groups excluding carboxylic acids is 1. The summed E-state index contributed by atoms with van der Waals surface area (Å²) in [4.78, 5) is 11.2. The molecule has 0 radical (unpaired) electrons. The Labute approximate surface area is 79.8 Å². The molecule has 1 atom stereocenters. The highest BCUT2D eigenvalue weighted by Gasteiger charge is 2.37. The molecule has 0 aromatic rings. The zero-order valence-corrected chi connectivity index (χ0v) is 8.72. The van der Waals surface area contributed by atoms with Gasteiger partial charge in [-0.1, -0.05) is 6.92 Å². The molecule has 3 nitrogen and oxygen atoms in total. The first-order valence-electron chi connectivity index (χ1n) is 4.99. The van der Waals surface area contributed by atoms with E-state index in [2.05, 4.69) is 17.0 Å². The van der Waals surface area contributed by atoms with E-state index in [-0.39, 0.29) is 17.6 Å². The second-order valence-electron chi connectivity index (χ2n) is 3.88. The lowest BCUT2D eigenvalue weighted by molar-refractivity contribution is -0.143. The van der Waals surface area contributed by atoms with Gasteiger partial charge in [-0.15, -0.1) is 0 Å². The van der Waals surface area contributed by atoms with Gasteiger partial charge >= 0.3 is 5.97 Å². The van der Waals surface area contributed by atoms with Crippen molar-refractivity contribution in [3.05, 3.63) is 0 Å². The van der Waals surface area contributed by atoms with Gasteiger partial charge in [-0.05, 0) is 32.6 Å². The van der Waals surface area contributed by atoms with Gasteiger partial charge in [-0.2, -0.15) is 0 Å². The van der Waals surface area contributed by atoms with Crippen LogP contribution in [-0.4, -0.2) is 24.7 Å². The molecule has 76 valence electrons.